The Morgan fingerprint density at radius 1 is 1.46 bits per heavy atom. The molecule has 0 aliphatic carbocycles. The van der Waals surface area contributed by atoms with Crippen molar-refractivity contribution in [3.05, 3.63) is 18.2 Å². The summed E-state index contributed by atoms with van der Waals surface area (Å²) in [5.41, 5.74) is 1.60. The van der Waals surface area contributed by atoms with Crippen LogP contribution in [-0.4, -0.2) is 18.3 Å². The van der Waals surface area contributed by atoms with Gasteiger partial charge in [0.05, 0.1) is 7.11 Å². The standard InChI is InChI=1S/C9H9NO2S/c1-11-9-10-7-5-6(13-2)3-4-8(7)12-9/h3-5H,1-2H3. The molecule has 0 N–H and O–H groups in total. The predicted octanol–water partition coefficient (Wildman–Crippen LogP) is 2.56. The number of nitrogens with zero attached hydrogens (tertiary/aromatic N) is 1. The molecule has 0 saturated heterocycles. The van der Waals surface area contributed by atoms with Crippen molar-refractivity contribution in [3.8, 4) is 6.08 Å². The van der Waals surface area contributed by atoms with Crippen LogP contribution in [0, 0.1) is 0 Å². The monoisotopic (exact) mass is 195 g/mol. The molecule has 0 aliphatic rings. The number of methoxy groups -OCH3 is 1. The van der Waals surface area contributed by atoms with Gasteiger partial charge in [0.1, 0.15) is 5.52 Å². The number of hydrogen-bond acceptors (Lipinski definition) is 4. The molecule has 2 aromatic rings. The largest absolute Gasteiger partial charge is 0.453 e. The van der Waals surface area contributed by atoms with Crippen LogP contribution in [0.1, 0.15) is 0 Å². The number of rotatable bonds is 2. The average Bonchev–Trinajstić information content (AvgIpc) is 2.58. The number of ether oxygens (including phenoxy) is 1. The Bertz CT molecular complexity index is 422. The summed E-state index contributed by atoms with van der Waals surface area (Å²) in [5.74, 6) is 0. The summed E-state index contributed by atoms with van der Waals surface area (Å²) in [5, 5.41) is 0. The van der Waals surface area contributed by atoms with E-state index in [-0.39, 0.29) is 0 Å². The highest BCUT2D eigenvalue weighted by molar-refractivity contribution is 7.98. The zero-order valence-electron chi connectivity index (χ0n) is 7.40. The lowest BCUT2D eigenvalue weighted by Crippen LogP contribution is -1.79. The second-order valence-electron chi connectivity index (χ2n) is 2.52. The zero-order chi connectivity index (χ0) is 9.26. The molecule has 0 atom stereocenters. The van der Waals surface area contributed by atoms with Crippen LogP contribution in [-0.2, 0) is 0 Å². The van der Waals surface area contributed by atoms with Gasteiger partial charge in [-0.2, -0.15) is 4.98 Å². The van der Waals surface area contributed by atoms with E-state index < -0.39 is 0 Å². The van der Waals surface area contributed by atoms with Crippen molar-refractivity contribution < 1.29 is 9.15 Å². The van der Waals surface area contributed by atoms with Gasteiger partial charge in [0, 0.05) is 4.90 Å². The molecule has 0 amide bonds. The van der Waals surface area contributed by atoms with E-state index in [2.05, 4.69) is 4.98 Å². The van der Waals surface area contributed by atoms with Crippen LogP contribution >= 0.6 is 11.8 Å². The summed E-state index contributed by atoms with van der Waals surface area (Å²) in [6.45, 7) is 0. The molecule has 0 radical (unpaired) electrons. The fraction of sp³-hybridized carbons (Fsp3) is 0.222. The van der Waals surface area contributed by atoms with Crippen LogP contribution in [0.4, 0.5) is 0 Å². The maximum atomic E-state index is 5.27. The minimum atomic E-state index is 0.313. The second kappa shape index (κ2) is 3.30. The number of thioether (sulfide) groups is 1. The number of benzene rings is 1. The quantitative estimate of drug-likeness (QED) is 0.690. The molecule has 0 bridgehead atoms. The first-order chi connectivity index (χ1) is 6.33. The van der Waals surface area contributed by atoms with Crippen molar-refractivity contribution in [1.29, 1.82) is 0 Å². The normalized spacial score (nSPS) is 10.6. The summed E-state index contributed by atoms with van der Waals surface area (Å²) in [7, 11) is 1.54. The minimum Gasteiger partial charge on any atom is -0.453 e. The average molecular weight is 195 g/mol. The first-order valence-electron chi connectivity index (χ1n) is 3.82. The molecule has 0 unspecified atom stereocenters. The smallest absolute Gasteiger partial charge is 0.394 e. The van der Waals surface area contributed by atoms with Gasteiger partial charge in [0.15, 0.2) is 5.58 Å². The highest BCUT2D eigenvalue weighted by Crippen LogP contribution is 2.24. The third-order valence-electron chi connectivity index (χ3n) is 1.75. The maximum Gasteiger partial charge on any atom is 0.394 e. The van der Waals surface area contributed by atoms with Gasteiger partial charge in [-0.05, 0) is 24.5 Å². The summed E-state index contributed by atoms with van der Waals surface area (Å²) in [4.78, 5) is 5.31. The third-order valence-corrected chi connectivity index (χ3v) is 2.48. The Labute approximate surface area is 80.1 Å². The Balaban J connectivity index is 2.57. The van der Waals surface area contributed by atoms with E-state index in [4.69, 9.17) is 9.15 Å². The fourth-order valence-corrected chi connectivity index (χ4v) is 1.53. The van der Waals surface area contributed by atoms with Crippen molar-refractivity contribution in [1.82, 2.24) is 4.98 Å². The van der Waals surface area contributed by atoms with Gasteiger partial charge >= 0.3 is 6.08 Å². The van der Waals surface area contributed by atoms with Gasteiger partial charge in [-0.25, -0.2) is 0 Å². The third kappa shape index (κ3) is 1.49. The molecular formula is C9H9NO2S. The van der Waals surface area contributed by atoms with Crippen LogP contribution in [0.25, 0.3) is 11.1 Å². The molecule has 13 heavy (non-hydrogen) atoms. The van der Waals surface area contributed by atoms with Gasteiger partial charge in [0.25, 0.3) is 0 Å². The van der Waals surface area contributed by atoms with Crippen LogP contribution in [0.15, 0.2) is 27.5 Å². The van der Waals surface area contributed by atoms with Gasteiger partial charge < -0.3 is 9.15 Å². The Morgan fingerprint density at radius 3 is 3.00 bits per heavy atom. The molecule has 0 spiro atoms. The number of aromatic nitrogens is 1. The lowest BCUT2D eigenvalue weighted by atomic mass is 10.3. The van der Waals surface area contributed by atoms with E-state index in [0.29, 0.717) is 6.08 Å². The first-order valence-corrected chi connectivity index (χ1v) is 5.04. The van der Waals surface area contributed by atoms with Gasteiger partial charge in [-0.1, -0.05) is 0 Å². The van der Waals surface area contributed by atoms with Crippen LogP contribution in [0.2, 0.25) is 0 Å². The molecular weight excluding hydrogens is 186 g/mol. The van der Waals surface area contributed by atoms with Gasteiger partial charge in [0.2, 0.25) is 0 Å². The second-order valence-corrected chi connectivity index (χ2v) is 3.40. The van der Waals surface area contributed by atoms with E-state index in [1.807, 2.05) is 24.5 Å². The molecule has 0 fully saturated rings. The first kappa shape index (κ1) is 8.44. The Hall–Kier alpha value is -1.16. The summed E-state index contributed by atoms with van der Waals surface area (Å²) >= 11 is 1.68. The van der Waals surface area contributed by atoms with E-state index in [9.17, 15) is 0 Å². The zero-order valence-corrected chi connectivity index (χ0v) is 8.22. The van der Waals surface area contributed by atoms with Crippen molar-refractivity contribution in [2.75, 3.05) is 13.4 Å². The molecule has 3 nitrogen and oxygen atoms in total. The topological polar surface area (TPSA) is 35.3 Å². The van der Waals surface area contributed by atoms with Crippen LogP contribution < -0.4 is 4.74 Å². The van der Waals surface area contributed by atoms with Crippen LogP contribution in [0.3, 0.4) is 0 Å². The van der Waals surface area contributed by atoms with Gasteiger partial charge in [-0.15, -0.1) is 11.8 Å². The summed E-state index contributed by atoms with van der Waals surface area (Å²) in [6.07, 6.45) is 2.34. The molecule has 1 heterocycles. The van der Waals surface area contributed by atoms with E-state index in [0.717, 1.165) is 11.1 Å². The Kier molecular flexibility index (Phi) is 2.14. The number of oxazole rings is 1. The van der Waals surface area contributed by atoms with Crippen molar-refractivity contribution in [2.24, 2.45) is 0 Å². The molecule has 4 heteroatoms. The van der Waals surface area contributed by atoms with Crippen molar-refractivity contribution in [3.63, 3.8) is 0 Å². The molecule has 68 valence electrons. The van der Waals surface area contributed by atoms with Crippen molar-refractivity contribution >= 4 is 22.9 Å². The molecule has 2 rings (SSSR count). The van der Waals surface area contributed by atoms with Gasteiger partial charge in [-0.3, -0.25) is 0 Å². The summed E-state index contributed by atoms with van der Waals surface area (Å²) in [6, 6.07) is 5.88. The number of fused-ring (bicyclic) bond motifs is 1. The molecule has 1 aromatic carbocycles. The highest BCUT2D eigenvalue weighted by atomic mass is 32.2. The highest BCUT2D eigenvalue weighted by Gasteiger charge is 2.05. The lowest BCUT2D eigenvalue weighted by molar-refractivity contribution is 0.299. The Morgan fingerprint density at radius 2 is 2.31 bits per heavy atom. The van der Waals surface area contributed by atoms with E-state index >= 15 is 0 Å². The number of hydrogen-bond donors (Lipinski definition) is 0. The van der Waals surface area contributed by atoms with Crippen molar-refractivity contribution in [2.45, 2.75) is 4.90 Å². The maximum absolute atomic E-state index is 5.27. The minimum absolute atomic E-state index is 0.313. The van der Waals surface area contributed by atoms with E-state index in [1.54, 1.807) is 18.9 Å². The predicted molar refractivity (Wildman–Crippen MR) is 52.3 cm³/mol. The van der Waals surface area contributed by atoms with E-state index in [1.165, 1.54) is 4.90 Å². The SMILES string of the molecule is COc1nc2cc(SC)ccc2o1. The molecule has 0 aliphatic heterocycles. The molecule has 1 aromatic heterocycles. The molecule has 0 saturated carbocycles. The fourth-order valence-electron chi connectivity index (χ4n) is 1.10. The lowest BCUT2D eigenvalue weighted by Gasteiger charge is -1.91. The van der Waals surface area contributed by atoms with Crippen LogP contribution in [0.5, 0.6) is 6.08 Å². The summed E-state index contributed by atoms with van der Waals surface area (Å²) < 4.78 is 10.2.